The number of aliphatic hydroxyl groups is 1. The molecule has 0 saturated carbocycles. The number of nitrogens with zero attached hydrogens (tertiary/aromatic N) is 1. The molecule has 1 fully saturated rings. The maximum atomic E-state index is 11.6. The maximum Gasteiger partial charge on any atom is 0.214 e. The number of sulfonamides is 1. The quantitative estimate of drug-likeness (QED) is 0.758. The highest BCUT2D eigenvalue weighted by Crippen LogP contribution is 2.26. The van der Waals surface area contributed by atoms with Crippen molar-refractivity contribution in [1.29, 1.82) is 0 Å². The SMILES string of the molecule is CCC(N1CCCS1(=O)=O)C(C)(C)O. The lowest BCUT2D eigenvalue weighted by Crippen LogP contribution is -2.49. The molecule has 5 heteroatoms. The summed E-state index contributed by atoms with van der Waals surface area (Å²) in [6.07, 6.45) is 1.32. The van der Waals surface area contributed by atoms with Crippen molar-refractivity contribution in [3.8, 4) is 0 Å². The van der Waals surface area contributed by atoms with Crippen molar-refractivity contribution in [1.82, 2.24) is 4.31 Å². The molecule has 0 aromatic rings. The molecular formula is C9H19NO3S. The van der Waals surface area contributed by atoms with Crippen LogP contribution >= 0.6 is 0 Å². The van der Waals surface area contributed by atoms with E-state index in [4.69, 9.17) is 0 Å². The molecule has 1 saturated heterocycles. The lowest BCUT2D eigenvalue weighted by Gasteiger charge is -2.34. The molecule has 0 aliphatic carbocycles. The number of hydrogen-bond acceptors (Lipinski definition) is 3. The molecular weight excluding hydrogens is 202 g/mol. The topological polar surface area (TPSA) is 57.6 Å². The zero-order valence-corrected chi connectivity index (χ0v) is 9.84. The van der Waals surface area contributed by atoms with Crippen LogP contribution in [0.25, 0.3) is 0 Å². The van der Waals surface area contributed by atoms with Gasteiger partial charge in [0.25, 0.3) is 0 Å². The molecule has 0 radical (unpaired) electrons. The zero-order valence-electron chi connectivity index (χ0n) is 9.02. The summed E-state index contributed by atoms with van der Waals surface area (Å²) in [6.45, 7) is 5.77. The Morgan fingerprint density at radius 3 is 2.36 bits per heavy atom. The van der Waals surface area contributed by atoms with E-state index in [2.05, 4.69) is 0 Å². The van der Waals surface area contributed by atoms with Crippen LogP contribution in [0.5, 0.6) is 0 Å². The average molecular weight is 221 g/mol. The van der Waals surface area contributed by atoms with Crippen LogP contribution < -0.4 is 0 Å². The van der Waals surface area contributed by atoms with E-state index in [0.717, 1.165) is 0 Å². The Kier molecular flexibility index (Phi) is 3.23. The van der Waals surface area contributed by atoms with Gasteiger partial charge in [0.15, 0.2) is 0 Å². The molecule has 0 aromatic carbocycles. The van der Waals surface area contributed by atoms with Crippen LogP contribution in [0.2, 0.25) is 0 Å². The van der Waals surface area contributed by atoms with E-state index in [0.29, 0.717) is 19.4 Å². The van der Waals surface area contributed by atoms with E-state index in [1.165, 1.54) is 4.31 Å². The van der Waals surface area contributed by atoms with E-state index in [-0.39, 0.29) is 11.8 Å². The summed E-state index contributed by atoms with van der Waals surface area (Å²) in [5.41, 5.74) is -0.966. The first-order chi connectivity index (χ1) is 6.29. The molecule has 1 rings (SSSR count). The van der Waals surface area contributed by atoms with Crippen molar-refractivity contribution in [2.45, 2.75) is 45.3 Å². The van der Waals surface area contributed by atoms with Gasteiger partial charge in [-0.15, -0.1) is 0 Å². The Hall–Kier alpha value is -0.130. The summed E-state index contributed by atoms with van der Waals surface area (Å²) in [5.74, 6) is 0.222. The normalized spacial score (nSPS) is 25.1. The highest BCUT2D eigenvalue weighted by molar-refractivity contribution is 7.89. The minimum Gasteiger partial charge on any atom is -0.389 e. The molecule has 1 aliphatic rings. The second-order valence-corrected chi connectivity index (χ2v) is 6.40. The van der Waals surface area contributed by atoms with Gasteiger partial charge < -0.3 is 5.11 Å². The number of rotatable bonds is 3. The summed E-state index contributed by atoms with van der Waals surface area (Å²) in [6, 6.07) is -0.296. The summed E-state index contributed by atoms with van der Waals surface area (Å²) in [7, 11) is -3.11. The minimum absolute atomic E-state index is 0.222. The highest BCUT2D eigenvalue weighted by Gasteiger charge is 2.40. The lowest BCUT2D eigenvalue weighted by atomic mass is 9.96. The maximum absolute atomic E-state index is 11.6. The molecule has 0 amide bonds. The van der Waals surface area contributed by atoms with Crippen molar-refractivity contribution in [3.63, 3.8) is 0 Å². The lowest BCUT2D eigenvalue weighted by molar-refractivity contribution is 0.00928. The smallest absolute Gasteiger partial charge is 0.214 e. The van der Waals surface area contributed by atoms with Gasteiger partial charge in [-0.05, 0) is 26.7 Å². The molecule has 1 atom stereocenters. The third-order valence-electron chi connectivity index (χ3n) is 2.69. The molecule has 14 heavy (non-hydrogen) atoms. The summed E-state index contributed by atoms with van der Waals surface area (Å²) in [5, 5.41) is 9.86. The Morgan fingerprint density at radius 2 is 2.07 bits per heavy atom. The first kappa shape index (κ1) is 11.9. The Morgan fingerprint density at radius 1 is 1.50 bits per heavy atom. The fourth-order valence-electron chi connectivity index (χ4n) is 2.06. The van der Waals surface area contributed by atoms with Gasteiger partial charge in [-0.3, -0.25) is 0 Å². The molecule has 1 heterocycles. The Labute approximate surface area is 86.0 Å². The fourth-order valence-corrected chi connectivity index (χ4v) is 3.99. The average Bonchev–Trinajstić information content (AvgIpc) is 2.30. The largest absolute Gasteiger partial charge is 0.389 e. The first-order valence-corrected chi connectivity index (χ1v) is 6.62. The monoisotopic (exact) mass is 221 g/mol. The van der Waals surface area contributed by atoms with Gasteiger partial charge in [0, 0.05) is 6.54 Å². The molecule has 1 unspecified atom stereocenters. The van der Waals surface area contributed by atoms with Gasteiger partial charge in [0.05, 0.1) is 17.4 Å². The van der Waals surface area contributed by atoms with Gasteiger partial charge in [0.1, 0.15) is 0 Å². The summed E-state index contributed by atoms with van der Waals surface area (Å²) < 4.78 is 24.7. The number of hydrogen-bond donors (Lipinski definition) is 1. The van der Waals surface area contributed by atoms with E-state index in [9.17, 15) is 13.5 Å². The molecule has 1 aliphatic heterocycles. The van der Waals surface area contributed by atoms with E-state index in [1.54, 1.807) is 13.8 Å². The van der Waals surface area contributed by atoms with Gasteiger partial charge in [-0.25, -0.2) is 8.42 Å². The molecule has 84 valence electrons. The van der Waals surface area contributed by atoms with Crippen LogP contribution in [0.15, 0.2) is 0 Å². The van der Waals surface area contributed by atoms with E-state index >= 15 is 0 Å². The van der Waals surface area contributed by atoms with Gasteiger partial charge in [0.2, 0.25) is 10.0 Å². The van der Waals surface area contributed by atoms with Gasteiger partial charge >= 0.3 is 0 Å². The van der Waals surface area contributed by atoms with Crippen LogP contribution in [-0.4, -0.2) is 41.8 Å². The van der Waals surface area contributed by atoms with E-state index in [1.807, 2.05) is 6.92 Å². The van der Waals surface area contributed by atoms with Crippen molar-refractivity contribution < 1.29 is 13.5 Å². The second-order valence-electron chi connectivity index (χ2n) is 4.36. The summed E-state index contributed by atoms with van der Waals surface area (Å²) in [4.78, 5) is 0. The van der Waals surface area contributed by atoms with Crippen molar-refractivity contribution in [2.75, 3.05) is 12.3 Å². The van der Waals surface area contributed by atoms with Gasteiger partial charge in [-0.2, -0.15) is 4.31 Å². The standard InChI is InChI=1S/C9H19NO3S/c1-4-8(9(2,3)11)10-6-5-7-14(10,12)13/h8,11H,4-7H2,1-3H3. The van der Waals surface area contributed by atoms with E-state index < -0.39 is 15.6 Å². The first-order valence-electron chi connectivity index (χ1n) is 5.01. The third-order valence-corrected chi connectivity index (χ3v) is 4.64. The molecule has 0 spiro atoms. The summed E-state index contributed by atoms with van der Waals surface area (Å²) >= 11 is 0. The molecule has 1 N–H and O–H groups in total. The van der Waals surface area contributed by atoms with Crippen molar-refractivity contribution in [3.05, 3.63) is 0 Å². The minimum atomic E-state index is -3.11. The Balaban J connectivity index is 2.91. The van der Waals surface area contributed by atoms with Crippen LogP contribution in [0.1, 0.15) is 33.6 Å². The predicted molar refractivity (Wildman–Crippen MR) is 55.5 cm³/mol. The third kappa shape index (κ3) is 2.27. The van der Waals surface area contributed by atoms with Crippen LogP contribution in [0.3, 0.4) is 0 Å². The molecule has 0 aromatic heterocycles. The van der Waals surface area contributed by atoms with Crippen LogP contribution in [-0.2, 0) is 10.0 Å². The second kappa shape index (κ2) is 3.79. The van der Waals surface area contributed by atoms with Gasteiger partial charge in [-0.1, -0.05) is 6.92 Å². The van der Waals surface area contributed by atoms with Crippen LogP contribution in [0.4, 0.5) is 0 Å². The van der Waals surface area contributed by atoms with Crippen LogP contribution in [0, 0.1) is 0 Å². The molecule has 4 nitrogen and oxygen atoms in total. The van der Waals surface area contributed by atoms with Crippen molar-refractivity contribution in [2.24, 2.45) is 0 Å². The predicted octanol–water partition coefficient (Wildman–Crippen LogP) is 0.571. The fraction of sp³-hybridized carbons (Fsp3) is 1.00. The zero-order chi connectivity index (χ0) is 11.0. The highest BCUT2D eigenvalue weighted by atomic mass is 32.2. The Bertz CT molecular complexity index is 292. The van der Waals surface area contributed by atoms with Crippen molar-refractivity contribution >= 4 is 10.0 Å². The molecule has 0 bridgehead atoms.